The third-order valence-corrected chi connectivity index (χ3v) is 3.70. The van der Waals surface area contributed by atoms with Crippen molar-refractivity contribution in [1.82, 2.24) is 0 Å². The van der Waals surface area contributed by atoms with Gasteiger partial charge in [-0.05, 0) is 29.7 Å². The number of hydrogen-bond acceptors (Lipinski definition) is 3. The fourth-order valence-corrected chi connectivity index (χ4v) is 2.61. The first kappa shape index (κ1) is 12.5. The van der Waals surface area contributed by atoms with Crippen LogP contribution in [0.25, 0.3) is 0 Å². The summed E-state index contributed by atoms with van der Waals surface area (Å²) in [5.41, 5.74) is 14.6. The van der Waals surface area contributed by atoms with Crippen LogP contribution in [0.2, 0.25) is 0 Å². The smallest absolute Gasteiger partial charge is 0.252 e. The molecule has 0 aromatic heterocycles. The van der Waals surface area contributed by atoms with Crippen molar-refractivity contribution in [3.05, 3.63) is 59.2 Å². The van der Waals surface area contributed by atoms with E-state index in [1.807, 2.05) is 12.1 Å². The van der Waals surface area contributed by atoms with Crippen molar-refractivity contribution in [3.63, 3.8) is 0 Å². The SMILES string of the molecule is NC(=O)c1cccc(N)c1OCC1Cc2ccccc21. The highest BCUT2D eigenvalue weighted by molar-refractivity contribution is 5.97. The minimum atomic E-state index is -0.527. The number of anilines is 1. The Kier molecular flexibility index (Phi) is 3.06. The minimum absolute atomic E-state index is 0.331. The predicted octanol–water partition coefficient (Wildman–Crippen LogP) is 2.09. The summed E-state index contributed by atoms with van der Waals surface area (Å²) < 4.78 is 5.76. The zero-order valence-corrected chi connectivity index (χ0v) is 11.0. The molecule has 102 valence electrons. The normalized spacial score (nSPS) is 16.1. The highest BCUT2D eigenvalue weighted by Crippen LogP contribution is 2.36. The van der Waals surface area contributed by atoms with E-state index in [2.05, 4.69) is 12.1 Å². The molecule has 0 aliphatic heterocycles. The fraction of sp³-hybridized carbons (Fsp3) is 0.188. The Bertz CT molecular complexity index is 667. The van der Waals surface area contributed by atoms with E-state index in [1.54, 1.807) is 18.2 Å². The Balaban J connectivity index is 1.76. The van der Waals surface area contributed by atoms with Crippen molar-refractivity contribution >= 4 is 11.6 Å². The topological polar surface area (TPSA) is 78.3 Å². The molecule has 0 bridgehead atoms. The summed E-state index contributed by atoms with van der Waals surface area (Å²) in [6, 6.07) is 13.3. The Morgan fingerprint density at radius 2 is 2.00 bits per heavy atom. The Hall–Kier alpha value is -2.49. The zero-order chi connectivity index (χ0) is 14.1. The molecular weight excluding hydrogens is 252 g/mol. The predicted molar refractivity (Wildman–Crippen MR) is 77.8 cm³/mol. The number of primary amides is 1. The maximum atomic E-state index is 11.4. The van der Waals surface area contributed by atoms with Crippen molar-refractivity contribution in [3.8, 4) is 5.75 Å². The van der Waals surface area contributed by atoms with Crippen molar-refractivity contribution < 1.29 is 9.53 Å². The second-order valence-corrected chi connectivity index (χ2v) is 5.00. The molecule has 0 radical (unpaired) electrons. The monoisotopic (exact) mass is 268 g/mol. The van der Waals surface area contributed by atoms with E-state index in [4.69, 9.17) is 16.2 Å². The van der Waals surface area contributed by atoms with E-state index >= 15 is 0 Å². The maximum Gasteiger partial charge on any atom is 0.252 e. The van der Waals surface area contributed by atoms with Crippen molar-refractivity contribution in [2.75, 3.05) is 12.3 Å². The molecule has 1 amide bonds. The van der Waals surface area contributed by atoms with Crippen molar-refractivity contribution in [2.24, 2.45) is 5.73 Å². The van der Waals surface area contributed by atoms with Gasteiger partial charge in [-0.25, -0.2) is 0 Å². The first-order chi connectivity index (χ1) is 9.66. The molecule has 4 nitrogen and oxygen atoms in total. The summed E-state index contributed by atoms with van der Waals surface area (Å²) in [6.45, 7) is 0.505. The number of hydrogen-bond donors (Lipinski definition) is 2. The molecule has 0 fully saturated rings. The molecule has 1 atom stereocenters. The van der Waals surface area contributed by atoms with Gasteiger partial charge in [0.1, 0.15) is 0 Å². The van der Waals surface area contributed by atoms with Crippen LogP contribution in [0.4, 0.5) is 5.69 Å². The van der Waals surface area contributed by atoms with E-state index in [9.17, 15) is 4.79 Å². The summed E-state index contributed by atoms with van der Waals surface area (Å²) in [5, 5.41) is 0. The lowest BCUT2D eigenvalue weighted by Crippen LogP contribution is -2.24. The highest BCUT2D eigenvalue weighted by atomic mass is 16.5. The van der Waals surface area contributed by atoms with Crippen LogP contribution in [0.5, 0.6) is 5.75 Å². The molecule has 2 aromatic rings. The van der Waals surface area contributed by atoms with E-state index in [-0.39, 0.29) is 0 Å². The van der Waals surface area contributed by atoms with Crippen LogP contribution in [0.15, 0.2) is 42.5 Å². The van der Waals surface area contributed by atoms with Gasteiger partial charge in [-0.3, -0.25) is 4.79 Å². The summed E-state index contributed by atoms with van der Waals surface area (Å²) in [4.78, 5) is 11.4. The number of amides is 1. The molecule has 1 unspecified atom stereocenters. The fourth-order valence-electron chi connectivity index (χ4n) is 2.61. The van der Waals surface area contributed by atoms with E-state index in [0.29, 0.717) is 29.5 Å². The van der Waals surface area contributed by atoms with Gasteiger partial charge >= 0.3 is 0 Å². The molecule has 2 aromatic carbocycles. The average molecular weight is 268 g/mol. The number of nitrogens with two attached hydrogens (primary N) is 2. The van der Waals surface area contributed by atoms with Crippen molar-refractivity contribution in [2.45, 2.75) is 12.3 Å². The molecule has 20 heavy (non-hydrogen) atoms. The lowest BCUT2D eigenvalue weighted by atomic mass is 9.78. The molecule has 0 saturated heterocycles. The number of para-hydroxylation sites is 1. The molecule has 3 rings (SSSR count). The van der Waals surface area contributed by atoms with Gasteiger partial charge in [0.2, 0.25) is 0 Å². The number of fused-ring (bicyclic) bond motifs is 1. The van der Waals surface area contributed by atoms with Gasteiger partial charge in [-0.1, -0.05) is 30.3 Å². The van der Waals surface area contributed by atoms with E-state index in [1.165, 1.54) is 11.1 Å². The number of rotatable bonds is 4. The van der Waals surface area contributed by atoms with Gasteiger partial charge in [-0.2, -0.15) is 0 Å². The second-order valence-electron chi connectivity index (χ2n) is 5.00. The summed E-state index contributed by atoms with van der Waals surface area (Å²) in [7, 11) is 0. The highest BCUT2D eigenvalue weighted by Gasteiger charge is 2.26. The molecule has 0 spiro atoms. The minimum Gasteiger partial charge on any atom is -0.490 e. The van der Waals surface area contributed by atoms with E-state index in [0.717, 1.165) is 6.42 Å². The Labute approximate surface area is 117 Å². The standard InChI is InChI=1S/C16H16N2O2/c17-14-7-3-6-13(16(18)19)15(14)20-9-11-8-10-4-1-2-5-12(10)11/h1-7,11H,8-9,17H2,(H2,18,19). The summed E-state index contributed by atoms with van der Waals surface area (Å²) in [6.07, 6.45) is 0.995. The Morgan fingerprint density at radius 1 is 1.20 bits per heavy atom. The number of benzene rings is 2. The largest absolute Gasteiger partial charge is 0.490 e. The van der Waals surface area contributed by atoms with Gasteiger partial charge in [0, 0.05) is 5.92 Å². The van der Waals surface area contributed by atoms with Gasteiger partial charge in [0.15, 0.2) is 5.75 Å². The van der Waals surface area contributed by atoms with E-state index < -0.39 is 5.91 Å². The third-order valence-electron chi connectivity index (χ3n) is 3.70. The first-order valence-corrected chi connectivity index (χ1v) is 6.55. The lowest BCUT2D eigenvalue weighted by molar-refractivity contribution is 0.0996. The Morgan fingerprint density at radius 3 is 2.75 bits per heavy atom. The van der Waals surface area contributed by atoms with Crippen LogP contribution in [0.1, 0.15) is 27.4 Å². The van der Waals surface area contributed by atoms with Gasteiger partial charge < -0.3 is 16.2 Å². The molecular formula is C16H16N2O2. The lowest BCUT2D eigenvalue weighted by Gasteiger charge is -2.30. The average Bonchev–Trinajstić information content (AvgIpc) is 2.41. The maximum absolute atomic E-state index is 11.4. The summed E-state index contributed by atoms with van der Waals surface area (Å²) >= 11 is 0. The molecule has 0 heterocycles. The van der Waals surface area contributed by atoms with Crippen LogP contribution in [0.3, 0.4) is 0 Å². The van der Waals surface area contributed by atoms with Crippen LogP contribution < -0.4 is 16.2 Å². The number of carbonyl (C=O) groups is 1. The molecule has 4 N–H and O–H groups in total. The second kappa shape index (κ2) is 4.89. The van der Waals surface area contributed by atoms with Gasteiger partial charge in [0.05, 0.1) is 17.9 Å². The quantitative estimate of drug-likeness (QED) is 0.833. The molecule has 0 saturated carbocycles. The van der Waals surface area contributed by atoms with Crippen LogP contribution >= 0.6 is 0 Å². The number of nitrogen functional groups attached to an aromatic ring is 1. The van der Waals surface area contributed by atoms with Crippen LogP contribution in [-0.4, -0.2) is 12.5 Å². The molecule has 4 heteroatoms. The third kappa shape index (κ3) is 2.09. The van der Waals surface area contributed by atoms with Crippen LogP contribution in [0, 0.1) is 0 Å². The molecule has 1 aliphatic rings. The van der Waals surface area contributed by atoms with Gasteiger partial charge in [-0.15, -0.1) is 0 Å². The number of ether oxygens (including phenoxy) is 1. The molecule has 1 aliphatic carbocycles. The zero-order valence-electron chi connectivity index (χ0n) is 11.0. The first-order valence-electron chi connectivity index (χ1n) is 6.55. The van der Waals surface area contributed by atoms with Crippen LogP contribution in [-0.2, 0) is 6.42 Å². The number of carbonyl (C=O) groups excluding carboxylic acids is 1. The van der Waals surface area contributed by atoms with Crippen molar-refractivity contribution in [1.29, 1.82) is 0 Å². The van der Waals surface area contributed by atoms with Gasteiger partial charge in [0.25, 0.3) is 5.91 Å². The summed E-state index contributed by atoms with van der Waals surface area (Å²) in [5.74, 6) is 0.220.